The van der Waals surface area contributed by atoms with E-state index in [1.807, 2.05) is 4.90 Å². The number of piperazine rings is 1. The second kappa shape index (κ2) is 8.89. The topological polar surface area (TPSA) is 47.1 Å². The monoisotopic (exact) mass is 396 g/mol. The van der Waals surface area contributed by atoms with Gasteiger partial charge in [0.1, 0.15) is 12.4 Å². The molecule has 0 aromatic heterocycles. The predicted octanol–water partition coefficient (Wildman–Crippen LogP) is 2.27. The fraction of sp³-hybridized carbons (Fsp3) is 0.579. The lowest BCUT2D eigenvalue weighted by molar-refractivity contribution is -0.133. The Kier molecular flexibility index (Phi) is 6.55. The number of carbonyl (C=O) groups is 2. The summed E-state index contributed by atoms with van der Waals surface area (Å²) in [6, 6.07) is 4.00. The number of hydrogen-bond donors (Lipinski definition) is 0. The van der Waals surface area contributed by atoms with E-state index in [1.54, 1.807) is 15.9 Å². The molecule has 2 heterocycles. The smallest absolute Gasteiger partial charge is 0.320 e. The van der Waals surface area contributed by atoms with Gasteiger partial charge in [0.15, 0.2) is 0 Å². The largest absolute Gasteiger partial charge is 0.339 e. The summed E-state index contributed by atoms with van der Waals surface area (Å²) in [5.41, 5.74) is 0.701. The first-order chi connectivity index (χ1) is 13.0. The molecule has 27 heavy (non-hydrogen) atoms. The van der Waals surface area contributed by atoms with Crippen LogP contribution in [0.4, 0.5) is 9.18 Å². The van der Waals surface area contributed by atoms with Gasteiger partial charge in [-0.1, -0.05) is 24.6 Å². The lowest BCUT2D eigenvalue weighted by Gasteiger charge is -2.35. The quantitative estimate of drug-likeness (QED) is 0.741. The van der Waals surface area contributed by atoms with E-state index in [4.69, 9.17) is 11.6 Å². The van der Waals surface area contributed by atoms with Crippen molar-refractivity contribution in [2.75, 3.05) is 52.4 Å². The first-order valence-electron chi connectivity index (χ1n) is 9.46. The van der Waals surface area contributed by atoms with Crippen LogP contribution in [-0.2, 0) is 11.3 Å². The Morgan fingerprint density at radius 1 is 1.11 bits per heavy atom. The van der Waals surface area contributed by atoms with Gasteiger partial charge in [0, 0.05) is 50.8 Å². The summed E-state index contributed by atoms with van der Waals surface area (Å²) in [7, 11) is 0. The van der Waals surface area contributed by atoms with Crippen molar-refractivity contribution >= 4 is 23.5 Å². The minimum absolute atomic E-state index is 0.00108. The summed E-state index contributed by atoms with van der Waals surface area (Å²) < 4.78 is 13.2. The molecule has 2 aliphatic heterocycles. The van der Waals surface area contributed by atoms with E-state index in [1.165, 1.54) is 12.1 Å². The highest BCUT2D eigenvalue weighted by molar-refractivity contribution is 6.31. The molecule has 2 aliphatic rings. The molecule has 1 aromatic carbocycles. The van der Waals surface area contributed by atoms with Crippen molar-refractivity contribution in [3.63, 3.8) is 0 Å². The maximum absolute atomic E-state index is 13.2. The van der Waals surface area contributed by atoms with Gasteiger partial charge >= 0.3 is 6.03 Å². The number of carbonyl (C=O) groups excluding carboxylic acids is 2. The van der Waals surface area contributed by atoms with E-state index >= 15 is 0 Å². The van der Waals surface area contributed by atoms with E-state index < -0.39 is 5.82 Å². The van der Waals surface area contributed by atoms with Gasteiger partial charge in [-0.15, -0.1) is 0 Å². The fourth-order valence-corrected chi connectivity index (χ4v) is 3.81. The molecule has 2 fully saturated rings. The van der Waals surface area contributed by atoms with Gasteiger partial charge in [0.2, 0.25) is 5.91 Å². The molecule has 3 rings (SSSR count). The molecule has 6 nitrogen and oxygen atoms in total. The van der Waals surface area contributed by atoms with Crippen molar-refractivity contribution in [3.05, 3.63) is 34.6 Å². The zero-order valence-electron chi connectivity index (χ0n) is 15.7. The average Bonchev–Trinajstić information content (AvgIpc) is 2.98. The van der Waals surface area contributed by atoms with Crippen LogP contribution in [0.5, 0.6) is 0 Å². The summed E-state index contributed by atoms with van der Waals surface area (Å²) in [4.78, 5) is 32.6. The molecule has 0 aliphatic carbocycles. The number of halogens is 2. The fourth-order valence-electron chi connectivity index (χ4n) is 3.58. The molecule has 0 unspecified atom stereocenters. The molecule has 1 aromatic rings. The normalized spacial score (nSPS) is 18.5. The Morgan fingerprint density at radius 2 is 1.81 bits per heavy atom. The molecule has 0 radical (unpaired) electrons. The van der Waals surface area contributed by atoms with Gasteiger partial charge in [0.25, 0.3) is 0 Å². The Hall–Kier alpha value is -1.86. The standard InChI is InChI=1S/C19H26ClFN4O2/c1-2-5-22-6-8-23(9-7-22)18(26)14-25-11-10-24(19(25)27)13-15-3-4-16(21)12-17(15)20/h3-4,12H,2,5-11,13-14H2,1H3. The SMILES string of the molecule is CCCN1CCN(C(=O)CN2CCN(Cc3ccc(F)cc3Cl)C2=O)CC1. The Morgan fingerprint density at radius 3 is 2.48 bits per heavy atom. The molecule has 0 N–H and O–H groups in total. The third-order valence-corrected chi connectivity index (χ3v) is 5.50. The average molecular weight is 397 g/mol. The Bertz CT molecular complexity index is 694. The Labute approximate surface area is 164 Å². The lowest BCUT2D eigenvalue weighted by atomic mass is 10.2. The number of amides is 3. The van der Waals surface area contributed by atoms with Crippen LogP contribution in [0.15, 0.2) is 18.2 Å². The lowest BCUT2D eigenvalue weighted by Crippen LogP contribution is -2.51. The van der Waals surface area contributed by atoms with E-state index in [9.17, 15) is 14.0 Å². The molecular formula is C19H26ClFN4O2. The third-order valence-electron chi connectivity index (χ3n) is 5.15. The number of nitrogens with zero attached hydrogens (tertiary/aromatic N) is 4. The van der Waals surface area contributed by atoms with Crippen LogP contribution in [0.2, 0.25) is 5.02 Å². The van der Waals surface area contributed by atoms with E-state index in [0.29, 0.717) is 30.2 Å². The van der Waals surface area contributed by atoms with Gasteiger partial charge in [0.05, 0.1) is 0 Å². The third kappa shape index (κ3) is 4.90. The zero-order chi connectivity index (χ0) is 19.4. The molecule has 0 atom stereocenters. The molecule has 3 amide bonds. The summed E-state index contributed by atoms with van der Waals surface area (Å²) in [6.07, 6.45) is 1.12. The van der Waals surface area contributed by atoms with Crippen LogP contribution in [-0.4, -0.2) is 83.9 Å². The van der Waals surface area contributed by atoms with E-state index in [-0.39, 0.29) is 18.5 Å². The molecular weight excluding hydrogens is 371 g/mol. The Balaban J connectivity index is 1.50. The minimum atomic E-state index is -0.400. The molecule has 0 saturated carbocycles. The van der Waals surface area contributed by atoms with Crippen LogP contribution in [0.1, 0.15) is 18.9 Å². The van der Waals surface area contributed by atoms with Gasteiger partial charge in [-0.2, -0.15) is 0 Å². The summed E-state index contributed by atoms with van der Waals surface area (Å²) in [6.45, 7) is 7.91. The van der Waals surface area contributed by atoms with Crippen molar-refractivity contribution < 1.29 is 14.0 Å². The number of benzene rings is 1. The first-order valence-corrected chi connectivity index (χ1v) is 9.83. The predicted molar refractivity (Wildman–Crippen MR) is 102 cm³/mol. The maximum atomic E-state index is 13.2. The molecule has 8 heteroatoms. The second-order valence-corrected chi connectivity index (χ2v) is 7.49. The van der Waals surface area contributed by atoms with Crippen LogP contribution >= 0.6 is 11.6 Å². The van der Waals surface area contributed by atoms with E-state index in [0.717, 1.165) is 39.1 Å². The zero-order valence-corrected chi connectivity index (χ0v) is 16.4. The summed E-state index contributed by atoms with van der Waals surface area (Å²) in [5, 5.41) is 0.308. The van der Waals surface area contributed by atoms with Crippen molar-refractivity contribution in [1.82, 2.24) is 19.6 Å². The number of urea groups is 1. The molecule has 0 bridgehead atoms. The van der Waals surface area contributed by atoms with Gasteiger partial charge in [-0.05, 0) is 30.7 Å². The van der Waals surface area contributed by atoms with Crippen LogP contribution < -0.4 is 0 Å². The van der Waals surface area contributed by atoms with Crippen LogP contribution in [0, 0.1) is 5.82 Å². The van der Waals surface area contributed by atoms with E-state index in [2.05, 4.69) is 11.8 Å². The number of hydrogen-bond acceptors (Lipinski definition) is 3. The maximum Gasteiger partial charge on any atom is 0.320 e. The number of rotatable bonds is 6. The minimum Gasteiger partial charge on any atom is -0.339 e. The highest BCUT2D eigenvalue weighted by atomic mass is 35.5. The van der Waals surface area contributed by atoms with Crippen molar-refractivity contribution in [1.29, 1.82) is 0 Å². The molecule has 0 spiro atoms. The van der Waals surface area contributed by atoms with Gasteiger partial charge < -0.3 is 14.7 Å². The van der Waals surface area contributed by atoms with Crippen LogP contribution in [0.25, 0.3) is 0 Å². The highest BCUT2D eigenvalue weighted by Crippen LogP contribution is 2.21. The molecule has 148 valence electrons. The van der Waals surface area contributed by atoms with Crippen LogP contribution in [0.3, 0.4) is 0 Å². The highest BCUT2D eigenvalue weighted by Gasteiger charge is 2.32. The second-order valence-electron chi connectivity index (χ2n) is 7.08. The summed E-state index contributed by atoms with van der Waals surface area (Å²) >= 11 is 6.06. The van der Waals surface area contributed by atoms with Gasteiger partial charge in [-0.25, -0.2) is 9.18 Å². The van der Waals surface area contributed by atoms with Crippen molar-refractivity contribution in [2.24, 2.45) is 0 Å². The first kappa shape index (κ1) is 19.9. The summed E-state index contributed by atoms with van der Waals surface area (Å²) in [5.74, 6) is -0.399. The van der Waals surface area contributed by atoms with Gasteiger partial charge in [-0.3, -0.25) is 9.69 Å². The van der Waals surface area contributed by atoms with Crippen molar-refractivity contribution in [2.45, 2.75) is 19.9 Å². The molecule has 2 saturated heterocycles. The van der Waals surface area contributed by atoms with Crippen molar-refractivity contribution in [3.8, 4) is 0 Å².